The van der Waals surface area contributed by atoms with E-state index in [2.05, 4.69) is 20.4 Å². The first-order valence-corrected chi connectivity index (χ1v) is 5.17. The molecular formula is C13H18O2. The predicted molar refractivity (Wildman–Crippen MR) is 61.9 cm³/mol. The molecule has 1 rings (SSSR count). The Morgan fingerprint density at radius 2 is 1.93 bits per heavy atom. The maximum atomic E-state index is 9.48. The number of rotatable bonds is 5. The third kappa shape index (κ3) is 3.76. The molecule has 1 unspecified atom stereocenters. The van der Waals surface area contributed by atoms with Gasteiger partial charge in [-0.05, 0) is 23.6 Å². The molecule has 0 heterocycles. The molecule has 0 bridgehead atoms. The summed E-state index contributed by atoms with van der Waals surface area (Å²) in [6, 6.07) is 7.43. The molecule has 0 aliphatic rings. The van der Waals surface area contributed by atoms with Gasteiger partial charge in [-0.15, -0.1) is 6.58 Å². The average molecular weight is 206 g/mol. The average Bonchev–Trinajstić information content (AvgIpc) is 2.26. The van der Waals surface area contributed by atoms with Gasteiger partial charge in [-0.25, -0.2) is 0 Å². The summed E-state index contributed by atoms with van der Waals surface area (Å²) >= 11 is 0. The second kappa shape index (κ2) is 5.56. The fraction of sp³-hybridized carbons (Fsp3) is 0.385. The Labute approximate surface area is 91.2 Å². The molecule has 2 nitrogen and oxygen atoms in total. The van der Waals surface area contributed by atoms with E-state index in [1.165, 1.54) is 6.08 Å². The minimum Gasteiger partial charge on any atom is -0.493 e. The fourth-order valence-electron chi connectivity index (χ4n) is 1.16. The quantitative estimate of drug-likeness (QED) is 0.750. The zero-order valence-electron chi connectivity index (χ0n) is 9.31. The summed E-state index contributed by atoms with van der Waals surface area (Å²) in [5.74, 6) is 1.35. The molecule has 0 saturated heterocycles. The Morgan fingerprint density at radius 3 is 2.40 bits per heavy atom. The van der Waals surface area contributed by atoms with Gasteiger partial charge in [0.2, 0.25) is 0 Å². The molecule has 0 saturated carbocycles. The highest BCUT2D eigenvalue weighted by molar-refractivity contribution is 5.29. The van der Waals surface area contributed by atoms with E-state index in [9.17, 15) is 5.11 Å². The van der Waals surface area contributed by atoms with Crippen LogP contribution in [0.25, 0.3) is 0 Å². The molecule has 0 radical (unpaired) electrons. The van der Waals surface area contributed by atoms with Crippen molar-refractivity contribution < 1.29 is 9.84 Å². The second-order valence-electron chi connectivity index (χ2n) is 3.95. The van der Waals surface area contributed by atoms with E-state index in [0.717, 1.165) is 11.3 Å². The molecule has 0 aliphatic heterocycles. The molecule has 0 fully saturated rings. The summed E-state index contributed by atoms with van der Waals surface area (Å²) < 4.78 is 5.53. The van der Waals surface area contributed by atoms with Gasteiger partial charge in [0.1, 0.15) is 5.75 Å². The van der Waals surface area contributed by atoms with Gasteiger partial charge in [0, 0.05) is 0 Å². The van der Waals surface area contributed by atoms with Crippen LogP contribution in [0, 0.1) is 5.92 Å². The van der Waals surface area contributed by atoms with Crippen LogP contribution >= 0.6 is 0 Å². The van der Waals surface area contributed by atoms with Crippen LogP contribution in [0.15, 0.2) is 36.9 Å². The van der Waals surface area contributed by atoms with Gasteiger partial charge in [0.15, 0.2) is 0 Å². The predicted octanol–water partition coefficient (Wildman–Crippen LogP) is 2.94. The fourth-order valence-corrected chi connectivity index (χ4v) is 1.16. The second-order valence-corrected chi connectivity index (χ2v) is 3.95. The van der Waals surface area contributed by atoms with Gasteiger partial charge in [0.05, 0.1) is 12.7 Å². The van der Waals surface area contributed by atoms with Gasteiger partial charge < -0.3 is 9.84 Å². The lowest BCUT2D eigenvalue weighted by atomic mass is 10.1. The first kappa shape index (κ1) is 11.8. The van der Waals surface area contributed by atoms with Gasteiger partial charge in [0.25, 0.3) is 0 Å². The van der Waals surface area contributed by atoms with Crippen molar-refractivity contribution in [2.24, 2.45) is 5.92 Å². The molecule has 0 aromatic heterocycles. The number of aliphatic hydroxyl groups is 1. The Bertz CT molecular complexity index is 301. The normalized spacial score (nSPS) is 12.5. The van der Waals surface area contributed by atoms with E-state index in [1.807, 2.05) is 24.3 Å². The minimum atomic E-state index is -0.593. The van der Waals surface area contributed by atoms with E-state index in [0.29, 0.717) is 12.5 Å². The molecule has 82 valence electrons. The van der Waals surface area contributed by atoms with Crippen molar-refractivity contribution in [3.8, 4) is 5.75 Å². The standard InChI is InChI=1S/C13H18O2/c1-4-13(14)11-5-7-12(8-6-11)15-9-10(2)3/h4-8,10,13-14H,1,9H2,2-3H3. The van der Waals surface area contributed by atoms with E-state index in [1.54, 1.807) is 0 Å². The van der Waals surface area contributed by atoms with Crippen molar-refractivity contribution in [1.29, 1.82) is 0 Å². The lowest BCUT2D eigenvalue weighted by molar-refractivity contribution is 0.228. The first-order valence-electron chi connectivity index (χ1n) is 5.17. The molecule has 1 atom stereocenters. The first-order chi connectivity index (χ1) is 7.13. The monoisotopic (exact) mass is 206 g/mol. The van der Waals surface area contributed by atoms with Crippen LogP contribution in [-0.2, 0) is 0 Å². The summed E-state index contributed by atoms with van der Waals surface area (Å²) in [7, 11) is 0. The molecule has 0 spiro atoms. The van der Waals surface area contributed by atoms with Crippen molar-refractivity contribution in [3.63, 3.8) is 0 Å². The third-order valence-corrected chi connectivity index (χ3v) is 2.03. The Hall–Kier alpha value is -1.28. The smallest absolute Gasteiger partial charge is 0.119 e. The largest absolute Gasteiger partial charge is 0.493 e. The summed E-state index contributed by atoms with van der Waals surface area (Å²) in [5, 5.41) is 9.48. The Kier molecular flexibility index (Phi) is 4.37. The highest BCUT2D eigenvalue weighted by atomic mass is 16.5. The van der Waals surface area contributed by atoms with Crippen LogP contribution in [-0.4, -0.2) is 11.7 Å². The van der Waals surface area contributed by atoms with Crippen LogP contribution in [0.2, 0.25) is 0 Å². The lowest BCUT2D eigenvalue weighted by Gasteiger charge is -2.10. The summed E-state index contributed by atoms with van der Waals surface area (Å²) in [4.78, 5) is 0. The molecule has 0 amide bonds. The molecular weight excluding hydrogens is 188 g/mol. The SMILES string of the molecule is C=CC(O)c1ccc(OCC(C)C)cc1. The van der Waals surface area contributed by atoms with Crippen LogP contribution in [0.4, 0.5) is 0 Å². The molecule has 2 heteroatoms. The number of hydrogen-bond donors (Lipinski definition) is 1. The van der Waals surface area contributed by atoms with Gasteiger partial charge in [-0.3, -0.25) is 0 Å². The van der Waals surface area contributed by atoms with Gasteiger partial charge in [-0.1, -0.05) is 32.1 Å². The number of benzene rings is 1. The van der Waals surface area contributed by atoms with Crippen LogP contribution in [0.3, 0.4) is 0 Å². The maximum Gasteiger partial charge on any atom is 0.119 e. The Morgan fingerprint density at radius 1 is 1.33 bits per heavy atom. The van der Waals surface area contributed by atoms with Crippen LogP contribution < -0.4 is 4.74 Å². The molecule has 15 heavy (non-hydrogen) atoms. The minimum absolute atomic E-state index is 0.517. The van der Waals surface area contributed by atoms with Crippen molar-refractivity contribution >= 4 is 0 Å². The molecule has 1 aromatic carbocycles. The van der Waals surface area contributed by atoms with Gasteiger partial charge >= 0.3 is 0 Å². The van der Waals surface area contributed by atoms with Crippen molar-refractivity contribution in [3.05, 3.63) is 42.5 Å². The molecule has 1 N–H and O–H groups in total. The zero-order valence-corrected chi connectivity index (χ0v) is 9.31. The van der Waals surface area contributed by atoms with E-state index >= 15 is 0 Å². The maximum absolute atomic E-state index is 9.48. The van der Waals surface area contributed by atoms with Crippen LogP contribution in [0.5, 0.6) is 5.75 Å². The van der Waals surface area contributed by atoms with E-state index < -0.39 is 6.10 Å². The summed E-state index contributed by atoms with van der Waals surface area (Å²) in [5.41, 5.74) is 0.835. The van der Waals surface area contributed by atoms with E-state index in [-0.39, 0.29) is 0 Å². The summed E-state index contributed by atoms with van der Waals surface area (Å²) in [6.45, 7) is 8.46. The van der Waals surface area contributed by atoms with Crippen molar-refractivity contribution in [2.45, 2.75) is 20.0 Å². The molecule has 0 aliphatic carbocycles. The zero-order chi connectivity index (χ0) is 11.3. The number of aliphatic hydroxyl groups excluding tert-OH is 1. The highest BCUT2D eigenvalue weighted by Gasteiger charge is 2.02. The lowest BCUT2D eigenvalue weighted by Crippen LogP contribution is -2.04. The van der Waals surface area contributed by atoms with Crippen molar-refractivity contribution in [2.75, 3.05) is 6.61 Å². The van der Waals surface area contributed by atoms with Crippen molar-refractivity contribution in [1.82, 2.24) is 0 Å². The van der Waals surface area contributed by atoms with Crippen LogP contribution in [0.1, 0.15) is 25.5 Å². The summed E-state index contributed by atoms with van der Waals surface area (Å²) in [6.07, 6.45) is 0.911. The molecule has 1 aromatic rings. The topological polar surface area (TPSA) is 29.5 Å². The Balaban J connectivity index is 2.60. The highest BCUT2D eigenvalue weighted by Crippen LogP contribution is 2.18. The number of ether oxygens (including phenoxy) is 1. The van der Waals surface area contributed by atoms with Gasteiger partial charge in [-0.2, -0.15) is 0 Å². The van der Waals surface area contributed by atoms with E-state index in [4.69, 9.17) is 4.74 Å². The third-order valence-electron chi connectivity index (χ3n) is 2.03. The number of hydrogen-bond acceptors (Lipinski definition) is 2.